The Bertz CT molecular complexity index is 962. The van der Waals surface area contributed by atoms with E-state index in [1.54, 1.807) is 0 Å². The number of amides is 2. The van der Waals surface area contributed by atoms with E-state index in [1.165, 1.54) is 18.1 Å². The normalized spacial score (nSPS) is 23.8. The van der Waals surface area contributed by atoms with Crippen LogP contribution in [0, 0.1) is 6.92 Å². The zero-order valence-electron chi connectivity index (χ0n) is 18.3. The van der Waals surface area contributed by atoms with Crippen molar-refractivity contribution in [1.29, 1.82) is 0 Å². The first kappa shape index (κ1) is 21.5. The van der Waals surface area contributed by atoms with E-state index in [2.05, 4.69) is 24.4 Å². The van der Waals surface area contributed by atoms with Gasteiger partial charge in [0.1, 0.15) is 0 Å². The van der Waals surface area contributed by atoms with Crippen LogP contribution in [-0.4, -0.2) is 54.1 Å². The summed E-state index contributed by atoms with van der Waals surface area (Å²) in [4.78, 5) is 29.0. The first-order valence-corrected chi connectivity index (χ1v) is 11.0. The van der Waals surface area contributed by atoms with Crippen LogP contribution in [0.15, 0.2) is 48.5 Å². The number of β-amino-alcohol motifs (C(OH)–C–C–N with tert-alkyl or cyclic N) is 1. The number of hydrogen-bond acceptors (Lipinski definition) is 4. The molecule has 0 spiro atoms. The first-order valence-electron chi connectivity index (χ1n) is 11.0. The lowest BCUT2D eigenvalue weighted by molar-refractivity contribution is -0.127. The Morgan fingerprint density at radius 3 is 2.65 bits per heavy atom. The Balaban J connectivity index is 1.48. The fraction of sp³-hybridized carbons (Fsp3) is 0.440. The monoisotopic (exact) mass is 421 g/mol. The average Bonchev–Trinajstić information content (AvgIpc) is 2.75. The van der Waals surface area contributed by atoms with Crippen LogP contribution >= 0.6 is 0 Å². The molecule has 2 aromatic rings. The summed E-state index contributed by atoms with van der Waals surface area (Å²) >= 11 is 0. The van der Waals surface area contributed by atoms with Crippen LogP contribution < -0.4 is 10.2 Å². The second-order valence-electron chi connectivity index (χ2n) is 8.80. The Morgan fingerprint density at radius 2 is 1.94 bits per heavy atom. The number of rotatable bonds is 4. The molecule has 2 atom stereocenters. The van der Waals surface area contributed by atoms with Crippen molar-refractivity contribution in [3.8, 4) is 0 Å². The summed E-state index contributed by atoms with van der Waals surface area (Å²) in [6.07, 6.45) is 1.70. The topological polar surface area (TPSA) is 72.9 Å². The Morgan fingerprint density at radius 1 is 1.16 bits per heavy atom. The van der Waals surface area contributed by atoms with Crippen molar-refractivity contribution in [2.24, 2.45) is 0 Å². The summed E-state index contributed by atoms with van der Waals surface area (Å²) in [5, 5.41) is 14.1. The predicted octanol–water partition coefficient (Wildman–Crippen LogP) is 2.37. The summed E-state index contributed by atoms with van der Waals surface area (Å²) in [5.41, 5.74) is 3.51. The molecule has 1 fully saturated rings. The van der Waals surface area contributed by atoms with Gasteiger partial charge < -0.3 is 15.3 Å². The van der Waals surface area contributed by atoms with E-state index >= 15 is 0 Å². The lowest BCUT2D eigenvalue weighted by atomic mass is 9.78. The number of aliphatic hydroxyl groups is 1. The fourth-order valence-electron chi connectivity index (χ4n) is 5.00. The van der Waals surface area contributed by atoms with Crippen LogP contribution in [0.2, 0.25) is 0 Å². The molecule has 0 aliphatic carbocycles. The third-order valence-electron chi connectivity index (χ3n) is 6.52. The number of carbonyl (C=O) groups is 2. The number of aryl methyl sites for hydroxylation is 2. The molecular formula is C25H31N3O3. The number of nitrogens with zero attached hydrogens (tertiary/aromatic N) is 2. The number of benzene rings is 2. The van der Waals surface area contributed by atoms with Crippen LogP contribution in [0.1, 0.15) is 36.5 Å². The maximum Gasteiger partial charge on any atom is 0.241 e. The van der Waals surface area contributed by atoms with Gasteiger partial charge in [0.25, 0.3) is 0 Å². The molecule has 0 saturated carbocycles. The van der Waals surface area contributed by atoms with Crippen molar-refractivity contribution < 1.29 is 14.7 Å². The summed E-state index contributed by atoms with van der Waals surface area (Å²) in [6, 6.07) is 15.9. The quantitative estimate of drug-likeness (QED) is 0.795. The molecule has 2 aliphatic rings. The number of nitrogens with one attached hydrogen (secondary N) is 1. The van der Waals surface area contributed by atoms with Gasteiger partial charge in [-0.2, -0.15) is 0 Å². The minimum Gasteiger partial charge on any atom is -0.389 e. The van der Waals surface area contributed by atoms with Gasteiger partial charge in [0.2, 0.25) is 11.8 Å². The Hall–Kier alpha value is -2.70. The van der Waals surface area contributed by atoms with Gasteiger partial charge in [0.15, 0.2) is 0 Å². The molecule has 0 aromatic heterocycles. The second kappa shape index (κ2) is 8.81. The minimum absolute atomic E-state index is 0.0590. The van der Waals surface area contributed by atoms with E-state index in [-0.39, 0.29) is 18.4 Å². The van der Waals surface area contributed by atoms with E-state index in [0.29, 0.717) is 19.5 Å². The third kappa shape index (κ3) is 4.36. The molecule has 2 heterocycles. The molecule has 2 aromatic carbocycles. The number of carbonyl (C=O) groups excluding carboxylic acids is 2. The van der Waals surface area contributed by atoms with E-state index in [1.807, 2.05) is 46.2 Å². The maximum atomic E-state index is 13.2. The molecule has 164 valence electrons. The van der Waals surface area contributed by atoms with Crippen LogP contribution in [-0.2, 0) is 21.5 Å². The van der Waals surface area contributed by atoms with Gasteiger partial charge >= 0.3 is 0 Å². The summed E-state index contributed by atoms with van der Waals surface area (Å²) in [6.45, 7) is 5.48. The standard InChI is InChI=1S/C25H31N3O3/c1-18-10-11-22-20(15-18)7-6-13-28(22)24(31)17-27-14-12-25(23(30)16-27,26-19(2)29)21-8-4-3-5-9-21/h3-5,8-11,15,23,30H,6-7,12-14,16-17H2,1-2H3,(H,26,29)/t23-,25-/m1/s1. The Kier molecular flexibility index (Phi) is 6.12. The largest absolute Gasteiger partial charge is 0.389 e. The molecule has 4 rings (SSSR count). The van der Waals surface area contributed by atoms with E-state index in [4.69, 9.17) is 0 Å². The lowest BCUT2D eigenvalue weighted by Gasteiger charge is -2.46. The van der Waals surface area contributed by atoms with Gasteiger partial charge in [-0.05, 0) is 43.4 Å². The third-order valence-corrected chi connectivity index (χ3v) is 6.52. The molecule has 0 bridgehead atoms. The molecule has 0 unspecified atom stereocenters. The smallest absolute Gasteiger partial charge is 0.241 e. The molecule has 31 heavy (non-hydrogen) atoms. The average molecular weight is 422 g/mol. The molecule has 2 N–H and O–H groups in total. The van der Waals surface area contributed by atoms with Crippen molar-refractivity contribution in [2.45, 2.75) is 44.8 Å². The van der Waals surface area contributed by atoms with Gasteiger partial charge in [-0.3, -0.25) is 14.5 Å². The predicted molar refractivity (Wildman–Crippen MR) is 121 cm³/mol. The van der Waals surface area contributed by atoms with Crippen molar-refractivity contribution in [1.82, 2.24) is 10.2 Å². The van der Waals surface area contributed by atoms with Crippen LogP contribution in [0.4, 0.5) is 5.69 Å². The van der Waals surface area contributed by atoms with Gasteiger partial charge in [0, 0.05) is 32.2 Å². The number of likely N-dealkylation sites (tertiary alicyclic amines) is 1. The van der Waals surface area contributed by atoms with Crippen molar-refractivity contribution >= 4 is 17.5 Å². The number of anilines is 1. The number of aliphatic hydroxyl groups excluding tert-OH is 1. The second-order valence-corrected chi connectivity index (χ2v) is 8.80. The van der Waals surface area contributed by atoms with E-state index < -0.39 is 11.6 Å². The molecule has 6 heteroatoms. The molecule has 0 radical (unpaired) electrons. The summed E-state index contributed by atoms with van der Waals surface area (Å²) in [7, 11) is 0. The summed E-state index contributed by atoms with van der Waals surface area (Å²) < 4.78 is 0. The minimum atomic E-state index is -0.831. The highest BCUT2D eigenvalue weighted by molar-refractivity contribution is 5.96. The molecule has 1 saturated heterocycles. The van der Waals surface area contributed by atoms with Crippen molar-refractivity contribution in [2.75, 3.05) is 31.1 Å². The van der Waals surface area contributed by atoms with Gasteiger partial charge in [-0.15, -0.1) is 0 Å². The van der Waals surface area contributed by atoms with Crippen LogP contribution in [0.25, 0.3) is 0 Å². The van der Waals surface area contributed by atoms with Gasteiger partial charge in [-0.1, -0.05) is 48.0 Å². The summed E-state index contributed by atoms with van der Waals surface area (Å²) in [5.74, 6) is -0.114. The zero-order valence-corrected chi connectivity index (χ0v) is 18.3. The molecule has 2 amide bonds. The number of piperidine rings is 1. The molecule has 6 nitrogen and oxygen atoms in total. The Labute approximate surface area is 183 Å². The van der Waals surface area contributed by atoms with Crippen molar-refractivity contribution in [3.05, 3.63) is 65.2 Å². The van der Waals surface area contributed by atoms with E-state index in [0.717, 1.165) is 30.6 Å². The lowest BCUT2D eigenvalue weighted by Crippen LogP contribution is -2.62. The SMILES string of the molecule is CC(=O)N[C@@]1(c2ccccc2)CCN(CC(=O)N2CCCc3cc(C)ccc32)C[C@H]1O. The number of fused-ring (bicyclic) bond motifs is 1. The van der Waals surface area contributed by atoms with Gasteiger partial charge in [-0.25, -0.2) is 0 Å². The van der Waals surface area contributed by atoms with Gasteiger partial charge in [0.05, 0.1) is 18.2 Å². The van der Waals surface area contributed by atoms with Crippen LogP contribution in [0.5, 0.6) is 0 Å². The zero-order chi connectivity index (χ0) is 22.0. The highest BCUT2D eigenvalue weighted by Crippen LogP contribution is 2.34. The van der Waals surface area contributed by atoms with E-state index in [9.17, 15) is 14.7 Å². The highest BCUT2D eigenvalue weighted by Gasteiger charge is 2.44. The van der Waals surface area contributed by atoms with Crippen LogP contribution in [0.3, 0.4) is 0 Å². The fourth-order valence-corrected chi connectivity index (χ4v) is 5.00. The first-order chi connectivity index (χ1) is 14.9. The number of hydrogen-bond donors (Lipinski definition) is 2. The maximum absolute atomic E-state index is 13.2. The van der Waals surface area contributed by atoms with Crippen molar-refractivity contribution in [3.63, 3.8) is 0 Å². The molecular weight excluding hydrogens is 390 g/mol. The highest BCUT2D eigenvalue weighted by atomic mass is 16.3. The molecule has 2 aliphatic heterocycles.